The maximum absolute atomic E-state index is 15.4. The first-order valence-corrected chi connectivity index (χ1v) is 19.3. The number of rotatable bonds is 6. The molecule has 1 saturated carbocycles. The molecule has 0 bridgehead atoms. The number of fused-ring (bicyclic) bond motifs is 4. The zero-order valence-electron chi connectivity index (χ0n) is 29.3. The summed E-state index contributed by atoms with van der Waals surface area (Å²) in [5.41, 5.74) is -0.363. The molecule has 6 atom stereocenters. The fraction of sp³-hybridized carbons (Fsp3) is 0.385. The predicted octanol–water partition coefficient (Wildman–Crippen LogP) is 7.09. The summed E-state index contributed by atoms with van der Waals surface area (Å²) in [6.45, 7) is 1.92. The molecule has 56 heavy (non-hydrogen) atoms. The van der Waals surface area contributed by atoms with E-state index in [9.17, 15) is 37.5 Å². The minimum absolute atomic E-state index is 0.0169. The number of phenols is 1. The number of methoxy groups -OCH3 is 1. The van der Waals surface area contributed by atoms with E-state index in [4.69, 9.17) is 27.9 Å². The number of imide groups is 2. The molecule has 4 fully saturated rings. The normalized spacial score (nSPS) is 29.4. The SMILES string of the molecule is COc1cc(C2C3=CCC4C(=O)N(C5CCN(Cc6ccccc6)CC5)C(=O)C4C3CC3(Cl)C(=O)N(c4c(F)c(F)c(F)c(F)c4F)C(=O)C23Cl)cc(Br)c1O. The van der Waals surface area contributed by atoms with Crippen molar-refractivity contribution in [1.82, 2.24) is 9.80 Å². The average molecular weight is 883 g/mol. The third kappa shape index (κ3) is 5.39. The first-order valence-electron chi connectivity index (χ1n) is 17.7. The number of likely N-dealkylation sites (tertiary alicyclic amines) is 2. The molecule has 17 heteroatoms. The number of allylic oxidation sites excluding steroid dienone is 2. The van der Waals surface area contributed by atoms with Gasteiger partial charge in [0, 0.05) is 31.6 Å². The standard InChI is InChI=1S/C39H31BrCl2F5N3O6/c1-56-24-14-18(13-23(40)33(24)51)26-20-7-8-21-25(35(53)49(34(21)52)19-9-11-48(12-10-19)16-17-5-3-2-4-6-17)22(20)15-38(41)36(54)50(37(55)39(26,38)42)32-30(46)28(44)27(43)29(45)31(32)47/h2-7,13-14,19,21-22,25-26,51H,8-12,15-16H2,1H3. The van der Waals surface area contributed by atoms with Gasteiger partial charge in [0.05, 0.1) is 23.4 Å². The highest BCUT2D eigenvalue weighted by Crippen LogP contribution is 2.66. The Balaban J connectivity index is 1.21. The van der Waals surface area contributed by atoms with E-state index in [0.717, 1.165) is 5.56 Å². The molecule has 1 N–H and O–H groups in total. The number of halogens is 8. The molecular formula is C39H31BrCl2F5N3O6. The first-order chi connectivity index (χ1) is 26.6. The Bertz CT molecular complexity index is 2230. The molecule has 9 nitrogen and oxygen atoms in total. The molecule has 3 aliphatic heterocycles. The number of hydrogen-bond donors (Lipinski definition) is 1. The largest absolute Gasteiger partial charge is 0.503 e. The highest BCUT2D eigenvalue weighted by atomic mass is 79.9. The van der Waals surface area contributed by atoms with Crippen LogP contribution in [0.25, 0.3) is 0 Å². The van der Waals surface area contributed by atoms with Crippen LogP contribution in [0.15, 0.2) is 58.6 Å². The van der Waals surface area contributed by atoms with Gasteiger partial charge in [-0.1, -0.05) is 42.0 Å². The van der Waals surface area contributed by atoms with Crippen LogP contribution < -0.4 is 9.64 Å². The van der Waals surface area contributed by atoms with Crippen molar-refractivity contribution in [3.63, 3.8) is 0 Å². The van der Waals surface area contributed by atoms with Gasteiger partial charge in [0.2, 0.25) is 17.6 Å². The molecule has 6 unspecified atom stereocenters. The van der Waals surface area contributed by atoms with E-state index < -0.39 is 104 Å². The number of alkyl halides is 2. The van der Waals surface area contributed by atoms with Gasteiger partial charge in [0.15, 0.2) is 44.5 Å². The number of phenolic OH excluding ortho intramolecular Hbond substituents is 1. The summed E-state index contributed by atoms with van der Waals surface area (Å²) in [7, 11) is 1.24. The van der Waals surface area contributed by atoms with Crippen LogP contribution >= 0.6 is 39.1 Å². The first kappa shape index (κ1) is 38.8. The Hall–Kier alpha value is -4.05. The number of amides is 4. The highest BCUT2D eigenvalue weighted by Gasteiger charge is 2.77. The summed E-state index contributed by atoms with van der Waals surface area (Å²) in [5.74, 6) is -21.4. The summed E-state index contributed by atoms with van der Waals surface area (Å²) in [5, 5.41) is 10.7. The Morgan fingerprint density at radius 2 is 1.50 bits per heavy atom. The molecule has 3 aromatic carbocycles. The minimum atomic E-state index is -2.71. The second-order valence-corrected chi connectivity index (χ2v) is 16.9. The predicted molar refractivity (Wildman–Crippen MR) is 195 cm³/mol. The minimum Gasteiger partial charge on any atom is -0.503 e. The number of nitrogens with zero attached hydrogens (tertiary/aromatic N) is 3. The molecule has 0 aromatic heterocycles. The fourth-order valence-corrected chi connectivity index (χ4v) is 10.8. The molecule has 3 saturated heterocycles. The molecule has 5 aliphatic rings. The molecule has 0 radical (unpaired) electrons. The van der Waals surface area contributed by atoms with Gasteiger partial charge < -0.3 is 9.84 Å². The Morgan fingerprint density at radius 1 is 0.875 bits per heavy atom. The van der Waals surface area contributed by atoms with E-state index in [1.165, 1.54) is 24.1 Å². The number of carbonyl (C=O) groups excluding carboxylic acids is 4. The zero-order valence-corrected chi connectivity index (χ0v) is 32.4. The summed E-state index contributed by atoms with van der Waals surface area (Å²) >= 11 is 17.7. The second-order valence-electron chi connectivity index (χ2n) is 14.8. The molecule has 3 aromatic rings. The van der Waals surface area contributed by atoms with Gasteiger partial charge in [0.25, 0.3) is 11.8 Å². The van der Waals surface area contributed by atoms with Crippen LogP contribution in [0.2, 0.25) is 0 Å². The lowest BCUT2D eigenvalue weighted by molar-refractivity contribution is -0.144. The monoisotopic (exact) mass is 881 g/mol. The molecule has 3 heterocycles. The lowest BCUT2D eigenvalue weighted by Crippen LogP contribution is -2.60. The fourth-order valence-electron chi connectivity index (χ4n) is 9.42. The Labute approximate surface area is 335 Å². The van der Waals surface area contributed by atoms with Gasteiger partial charge in [-0.05, 0) is 70.8 Å². The number of piperidine rings is 1. The third-order valence-electron chi connectivity index (χ3n) is 12.0. The number of benzene rings is 3. The van der Waals surface area contributed by atoms with E-state index in [2.05, 4.69) is 20.8 Å². The van der Waals surface area contributed by atoms with E-state index in [1.54, 1.807) is 6.08 Å². The number of anilines is 1. The lowest BCUT2D eigenvalue weighted by atomic mass is 9.56. The van der Waals surface area contributed by atoms with Crippen molar-refractivity contribution < 1.29 is 51.0 Å². The van der Waals surface area contributed by atoms with Crippen molar-refractivity contribution in [1.29, 1.82) is 0 Å². The smallest absolute Gasteiger partial charge is 0.258 e. The van der Waals surface area contributed by atoms with Crippen LogP contribution in [0.5, 0.6) is 11.5 Å². The van der Waals surface area contributed by atoms with Gasteiger partial charge in [-0.2, -0.15) is 0 Å². The topological polar surface area (TPSA) is 107 Å². The van der Waals surface area contributed by atoms with Crippen LogP contribution in [0.4, 0.5) is 27.6 Å². The van der Waals surface area contributed by atoms with E-state index in [0.29, 0.717) is 38.0 Å². The van der Waals surface area contributed by atoms with Crippen LogP contribution in [-0.4, -0.2) is 74.5 Å². The van der Waals surface area contributed by atoms with Crippen molar-refractivity contribution in [2.75, 3.05) is 25.1 Å². The molecule has 294 valence electrons. The van der Waals surface area contributed by atoms with Crippen LogP contribution in [0.1, 0.15) is 42.7 Å². The summed E-state index contributed by atoms with van der Waals surface area (Å²) in [4.78, 5) is 55.6. The quantitative estimate of drug-likeness (QED) is 0.0705. The van der Waals surface area contributed by atoms with E-state index in [-0.39, 0.29) is 32.9 Å². The van der Waals surface area contributed by atoms with Gasteiger partial charge >= 0.3 is 0 Å². The molecule has 8 rings (SSSR count). The van der Waals surface area contributed by atoms with E-state index >= 15 is 8.78 Å². The van der Waals surface area contributed by atoms with Crippen LogP contribution in [0, 0.1) is 46.8 Å². The van der Waals surface area contributed by atoms with E-state index in [1.807, 2.05) is 30.3 Å². The molecule has 0 spiro atoms. The number of aromatic hydroxyl groups is 1. The molecule has 4 amide bonds. The number of carbonyl (C=O) groups is 4. The van der Waals surface area contributed by atoms with Crippen molar-refractivity contribution >= 4 is 68.4 Å². The maximum Gasteiger partial charge on any atom is 0.258 e. The van der Waals surface area contributed by atoms with Gasteiger partial charge in [-0.3, -0.25) is 29.0 Å². The zero-order chi connectivity index (χ0) is 40.2. The summed E-state index contributed by atoms with van der Waals surface area (Å²) in [6.07, 6.45) is 2.04. The van der Waals surface area contributed by atoms with Crippen molar-refractivity contribution in [3.8, 4) is 11.5 Å². The third-order valence-corrected chi connectivity index (χ3v) is 14.0. The number of ether oxygens (including phenoxy) is 1. The second kappa shape index (κ2) is 13.8. The highest BCUT2D eigenvalue weighted by molar-refractivity contribution is 9.10. The van der Waals surface area contributed by atoms with Crippen LogP contribution in [0.3, 0.4) is 0 Å². The van der Waals surface area contributed by atoms with Crippen LogP contribution in [-0.2, 0) is 25.7 Å². The van der Waals surface area contributed by atoms with Crippen molar-refractivity contribution in [3.05, 3.63) is 98.8 Å². The Kier molecular flexibility index (Phi) is 9.57. The summed E-state index contributed by atoms with van der Waals surface area (Å²) < 4.78 is 79.3. The summed E-state index contributed by atoms with van der Waals surface area (Å²) in [6, 6.07) is 12.1. The average Bonchev–Trinajstić information content (AvgIpc) is 3.52. The maximum atomic E-state index is 15.4. The van der Waals surface area contributed by atoms with Gasteiger partial charge in [0.1, 0.15) is 5.69 Å². The number of hydrogen-bond acceptors (Lipinski definition) is 7. The lowest BCUT2D eigenvalue weighted by Gasteiger charge is -2.50. The van der Waals surface area contributed by atoms with Gasteiger partial charge in [-0.25, -0.2) is 26.9 Å². The Morgan fingerprint density at radius 3 is 2.12 bits per heavy atom. The van der Waals surface area contributed by atoms with Crippen molar-refractivity contribution in [2.45, 2.75) is 53.9 Å². The molecular weight excluding hydrogens is 852 g/mol. The van der Waals surface area contributed by atoms with Crippen molar-refractivity contribution in [2.24, 2.45) is 17.8 Å². The molecule has 2 aliphatic carbocycles. The van der Waals surface area contributed by atoms with Gasteiger partial charge in [-0.15, -0.1) is 23.2 Å².